The number of benzene rings is 2. The average Bonchev–Trinajstić information content (AvgIpc) is 3.36. The molecule has 4 aromatic rings. The summed E-state index contributed by atoms with van der Waals surface area (Å²) in [5, 5.41) is 8.76. The summed E-state index contributed by atoms with van der Waals surface area (Å²) in [6.45, 7) is 2.40. The second-order valence-electron chi connectivity index (χ2n) is 7.67. The quantitative estimate of drug-likeness (QED) is 0.438. The minimum absolute atomic E-state index is 0.0800. The van der Waals surface area contributed by atoms with E-state index >= 15 is 0 Å². The van der Waals surface area contributed by atoms with Gasteiger partial charge in [-0.1, -0.05) is 65.8 Å². The van der Waals surface area contributed by atoms with Crippen LogP contribution in [0.25, 0.3) is 22.5 Å². The van der Waals surface area contributed by atoms with Crippen molar-refractivity contribution >= 4 is 5.91 Å². The molecule has 0 bridgehead atoms. The van der Waals surface area contributed by atoms with E-state index in [1.165, 1.54) is 0 Å². The molecule has 31 heavy (non-hydrogen) atoms. The summed E-state index contributed by atoms with van der Waals surface area (Å²) in [5.74, 6) is 0.455. The van der Waals surface area contributed by atoms with Crippen LogP contribution in [0.5, 0.6) is 0 Å². The van der Waals surface area contributed by atoms with Crippen LogP contribution in [0.3, 0.4) is 0 Å². The predicted molar refractivity (Wildman–Crippen MR) is 121 cm³/mol. The van der Waals surface area contributed by atoms with E-state index in [1.807, 2.05) is 67.3 Å². The van der Waals surface area contributed by atoms with Crippen molar-refractivity contribution in [1.29, 1.82) is 0 Å². The molecule has 0 aliphatic rings. The fourth-order valence-corrected chi connectivity index (χ4v) is 3.73. The molecule has 0 saturated carbocycles. The Hall–Kier alpha value is -3.67. The van der Waals surface area contributed by atoms with E-state index in [0.29, 0.717) is 23.6 Å². The number of carbonyl (C=O) groups excluding carboxylic acids is 1. The second-order valence-corrected chi connectivity index (χ2v) is 7.67. The van der Waals surface area contributed by atoms with Crippen molar-refractivity contribution in [2.45, 2.75) is 19.8 Å². The van der Waals surface area contributed by atoms with Crippen molar-refractivity contribution in [3.05, 3.63) is 83.7 Å². The van der Waals surface area contributed by atoms with Crippen molar-refractivity contribution in [2.75, 3.05) is 13.6 Å². The van der Waals surface area contributed by atoms with Crippen molar-refractivity contribution in [2.24, 2.45) is 7.05 Å². The smallest absolute Gasteiger partial charge is 0.259 e. The molecule has 0 fully saturated rings. The van der Waals surface area contributed by atoms with Crippen LogP contribution in [0.15, 0.2) is 71.3 Å². The van der Waals surface area contributed by atoms with Crippen LogP contribution in [0.2, 0.25) is 0 Å². The molecule has 0 aliphatic carbocycles. The first-order chi connectivity index (χ1) is 15.0. The minimum atomic E-state index is -0.0800. The van der Waals surface area contributed by atoms with E-state index in [0.717, 1.165) is 35.4 Å². The number of hydrogen-bond donors (Lipinski definition) is 0. The van der Waals surface area contributed by atoms with Crippen LogP contribution < -0.4 is 0 Å². The molecule has 0 radical (unpaired) electrons. The minimum Gasteiger partial charge on any atom is -0.360 e. The predicted octanol–water partition coefficient (Wildman–Crippen LogP) is 4.76. The lowest BCUT2D eigenvalue weighted by molar-refractivity contribution is 0.0792. The van der Waals surface area contributed by atoms with Crippen molar-refractivity contribution in [3.8, 4) is 22.5 Å². The number of nitrogens with zero attached hydrogens (tertiary/aromatic N) is 4. The zero-order valence-corrected chi connectivity index (χ0v) is 18.1. The number of carbonyl (C=O) groups is 1. The lowest BCUT2D eigenvalue weighted by Gasteiger charge is -2.17. The molecule has 4 rings (SSSR count). The van der Waals surface area contributed by atoms with Gasteiger partial charge in [-0.3, -0.25) is 9.48 Å². The van der Waals surface area contributed by atoms with Gasteiger partial charge in [0.05, 0.1) is 11.4 Å². The molecule has 2 aromatic carbocycles. The Bertz CT molecular complexity index is 1160. The maximum Gasteiger partial charge on any atom is 0.259 e. The lowest BCUT2D eigenvalue weighted by Crippen LogP contribution is -2.28. The molecule has 158 valence electrons. The standard InChI is InChI=1S/C25H26N4O2/c1-18-23(24(27-31-18)20-13-8-5-9-14-20)25(30)28(2)16-10-15-21-17-22(29(3)26-21)19-11-6-4-7-12-19/h4-9,11-14,17H,10,15-16H2,1-3H3. The molecule has 2 heterocycles. The monoisotopic (exact) mass is 414 g/mol. The largest absolute Gasteiger partial charge is 0.360 e. The molecule has 0 saturated heterocycles. The number of aromatic nitrogens is 3. The second kappa shape index (κ2) is 9.00. The van der Waals surface area contributed by atoms with Crippen LogP contribution in [0.1, 0.15) is 28.2 Å². The van der Waals surface area contributed by atoms with Gasteiger partial charge in [-0.2, -0.15) is 5.10 Å². The van der Waals surface area contributed by atoms with Gasteiger partial charge in [0.25, 0.3) is 5.91 Å². The van der Waals surface area contributed by atoms with Gasteiger partial charge in [-0.15, -0.1) is 0 Å². The summed E-state index contributed by atoms with van der Waals surface area (Å²) in [6.07, 6.45) is 1.62. The molecular weight excluding hydrogens is 388 g/mol. The Morgan fingerprint density at radius 1 is 1.03 bits per heavy atom. The summed E-state index contributed by atoms with van der Waals surface area (Å²) < 4.78 is 7.25. The summed E-state index contributed by atoms with van der Waals surface area (Å²) in [7, 11) is 3.78. The maximum atomic E-state index is 13.1. The van der Waals surface area contributed by atoms with Crippen LogP contribution in [-0.2, 0) is 13.5 Å². The third-order valence-electron chi connectivity index (χ3n) is 5.40. The van der Waals surface area contributed by atoms with Crippen LogP contribution in [0.4, 0.5) is 0 Å². The van der Waals surface area contributed by atoms with Crippen molar-refractivity contribution in [3.63, 3.8) is 0 Å². The summed E-state index contributed by atoms with van der Waals surface area (Å²) >= 11 is 0. The fourth-order valence-electron chi connectivity index (χ4n) is 3.73. The van der Waals surface area contributed by atoms with E-state index in [9.17, 15) is 4.79 Å². The van der Waals surface area contributed by atoms with E-state index < -0.39 is 0 Å². The molecule has 2 aromatic heterocycles. The summed E-state index contributed by atoms with van der Waals surface area (Å²) in [6, 6.07) is 22.0. The molecule has 0 N–H and O–H groups in total. The van der Waals surface area contributed by atoms with Crippen LogP contribution in [-0.4, -0.2) is 39.3 Å². The highest BCUT2D eigenvalue weighted by Crippen LogP contribution is 2.26. The highest BCUT2D eigenvalue weighted by molar-refractivity contribution is 6.00. The Labute approximate surface area is 182 Å². The fraction of sp³-hybridized carbons (Fsp3) is 0.240. The van der Waals surface area contributed by atoms with Crippen molar-refractivity contribution in [1.82, 2.24) is 19.8 Å². The molecule has 0 aliphatic heterocycles. The van der Waals surface area contributed by atoms with Gasteiger partial charge in [0, 0.05) is 26.2 Å². The number of aryl methyl sites for hydroxylation is 3. The van der Waals surface area contributed by atoms with E-state index in [1.54, 1.807) is 11.8 Å². The van der Waals surface area contributed by atoms with Crippen LogP contribution in [0, 0.1) is 6.92 Å². The van der Waals surface area contributed by atoms with Gasteiger partial charge < -0.3 is 9.42 Å². The van der Waals surface area contributed by atoms with Crippen molar-refractivity contribution < 1.29 is 9.32 Å². The molecule has 6 heteroatoms. The molecule has 0 atom stereocenters. The summed E-state index contributed by atoms with van der Waals surface area (Å²) in [4.78, 5) is 14.8. The zero-order valence-electron chi connectivity index (χ0n) is 18.1. The van der Waals surface area contributed by atoms with Gasteiger partial charge in [0.1, 0.15) is 17.0 Å². The lowest BCUT2D eigenvalue weighted by atomic mass is 10.1. The zero-order chi connectivity index (χ0) is 21.8. The normalized spacial score (nSPS) is 10.9. The van der Waals surface area contributed by atoms with Gasteiger partial charge in [-0.25, -0.2) is 0 Å². The third kappa shape index (κ3) is 4.43. The van der Waals surface area contributed by atoms with E-state index in [4.69, 9.17) is 4.52 Å². The average molecular weight is 415 g/mol. The van der Waals surface area contributed by atoms with E-state index in [-0.39, 0.29) is 5.91 Å². The first-order valence-corrected chi connectivity index (χ1v) is 10.4. The maximum absolute atomic E-state index is 13.1. The third-order valence-corrected chi connectivity index (χ3v) is 5.40. The highest BCUT2D eigenvalue weighted by atomic mass is 16.5. The Morgan fingerprint density at radius 3 is 2.35 bits per heavy atom. The van der Waals surface area contributed by atoms with E-state index in [2.05, 4.69) is 28.5 Å². The molecule has 1 amide bonds. The number of amides is 1. The molecular formula is C25H26N4O2. The topological polar surface area (TPSA) is 64.2 Å². The Kier molecular flexibility index (Phi) is 5.98. The first-order valence-electron chi connectivity index (χ1n) is 10.4. The molecule has 0 spiro atoms. The molecule has 0 unspecified atom stereocenters. The summed E-state index contributed by atoms with van der Waals surface area (Å²) in [5.41, 5.74) is 5.25. The van der Waals surface area contributed by atoms with Gasteiger partial charge in [0.2, 0.25) is 0 Å². The van der Waals surface area contributed by atoms with Gasteiger partial charge >= 0.3 is 0 Å². The Balaban J connectivity index is 1.41. The number of rotatable bonds is 7. The Morgan fingerprint density at radius 2 is 1.68 bits per heavy atom. The molecule has 6 nitrogen and oxygen atoms in total. The number of hydrogen-bond acceptors (Lipinski definition) is 4. The van der Waals surface area contributed by atoms with Crippen LogP contribution >= 0.6 is 0 Å². The van der Waals surface area contributed by atoms with Gasteiger partial charge in [-0.05, 0) is 31.4 Å². The first kappa shape index (κ1) is 20.6. The highest BCUT2D eigenvalue weighted by Gasteiger charge is 2.24. The van der Waals surface area contributed by atoms with Gasteiger partial charge in [0.15, 0.2) is 0 Å². The SMILES string of the molecule is Cc1onc(-c2ccccc2)c1C(=O)N(C)CCCc1cc(-c2ccccc2)n(C)n1.